The standard InChI is InChI=1S/C27H21N2O2.C15H28O2.Ir/c1-15-11-17-9-10-20-22-23(28-14-29-26(22)31-25(20)24(17)30-15)18-12-16-7-5-6-8-19(16)21(13-18)27(2,3)4;1-7-14(5,8-2)12(16)11-13(17)15(6,9-3)10-4;/h5-11,13-14H,1-4H3;11,16H,7-10H2,1-6H3;/q-1;;/b;12-11-;. The van der Waals surface area contributed by atoms with E-state index in [1.165, 1.54) is 17.0 Å². The molecule has 3 aromatic carbocycles. The molecule has 1 N–H and O–H groups in total. The molecule has 6 aromatic rings. The van der Waals surface area contributed by atoms with Crippen molar-refractivity contribution in [2.24, 2.45) is 10.8 Å². The molecule has 0 bridgehead atoms. The maximum Gasteiger partial charge on any atom is 0.223 e. The summed E-state index contributed by atoms with van der Waals surface area (Å²) in [5.41, 5.74) is 4.41. The van der Waals surface area contributed by atoms with E-state index in [0.717, 1.165) is 69.8 Å². The Morgan fingerprint density at radius 1 is 0.837 bits per heavy atom. The van der Waals surface area contributed by atoms with Crippen LogP contribution in [0, 0.1) is 23.8 Å². The van der Waals surface area contributed by atoms with E-state index in [-0.39, 0.29) is 47.9 Å². The van der Waals surface area contributed by atoms with Gasteiger partial charge in [0.2, 0.25) is 5.71 Å². The van der Waals surface area contributed by atoms with Gasteiger partial charge >= 0.3 is 0 Å². The minimum atomic E-state index is -0.337. The Bertz CT molecular complexity index is 2140. The van der Waals surface area contributed by atoms with Crippen LogP contribution in [0.5, 0.6) is 0 Å². The molecule has 6 nitrogen and oxygen atoms in total. The summed E-state index contributed by atoms with van der Waals surface area (Å²) >= 11 is 0. The zero-order chi connectivity index (χ0) is 35.0. The molecule has 0 aliphatic carbocycles. The van der Waals surface area contributed by atoms with Crippen LogP contribution in [0.4, 0.5) is 0 Å². The number of carbonyl (C=O) groups is 1. The van der Waals surface area contributed by atoms with Crippen LogP contribution in [-0.4, -0.2) is 20.9 Å². The zero-order valence-electron chi connectivity index (χ0n) is 30.5. The van der Waals surface area contributed by atoms with Crippen molar-refractivity contribution < 1.29 is 38.8 Å². The molecule has 3 aromatic heterocycles. The van der Waals surface area contributed by atoms with Crippen LogP contribution in [0.2, 0.25) is 0 Å². The van der Waals surface area contributed by atoms with E-state index in [2.05, 4.69) is 73.2 Å². The monoisotopic (exact) mass is 838 g/mol. The van der Waals surface area contributed by atoms with Gasteiger partial charge in [0.05, 0.1) is 0 Å². The summed E-state index contributed by atoms with van der Waals surface area (Å²) in [5, 5.41) is 15.3. The second-order valence-electron chi connectivity index (χ2n) is 14.5. The van der Waals surface area contributed by atoms with Gasteiger partial charge in [-0.15, -0.1) is 29.1 Å². The van der Waals surface area contributed by atoms with Gasteiger partial charge in [0.15, 0.2) is 16.9 Å². The topological polar surface area (TPSA) is 89.4 Å². The third kappa shape index (κ3) is 7.25. The first kappa shape index (κ1) is 38.0. The van der Waals surface area contributed by atoms with Gasteiger partial charge < -0.3 is 13.9 Å². The molecule has 0 unspecified atom stereocenters. The zero-order valence-corrected chi connectivity index (χ0v) is 32.9. The van der Waals surface area contributed by atoms with E-state index >= 15 is 0 Å². The fourth-order valence-electron chi connectivity index (χ4n) is 6.16. The van der Waals surface area contributed by atoms with Gasteiger partial charge in [-0.05, 0) is 44.1 Å². The van der Waals surface area contributed by atoms with Crippen molar-refractivity contribution in [2.75, 3.05) is 0 Å². The number of benzene rings is 3. The van der Waals surface area contributed by atoms with Gasteiger partial charge in [-0.3, -0.25) is 9.78 Å². The second-order valence-corrected chi connectivity index (χ2v) is 14.5. The number of fused-ring (bicyclic) bond motifs is 6. The summed E-state index contributed by atoms with van der Waals surface area (Å²) in [6, 6.07) is 20.3. The summed E-state index contributed by atoms with van der Waals surface area (Å²) in [7, 11) is 0. The van der Waals surface area contributed by atoms with Crippen LogP contribution in [0.1, 0.15) is 99.3 Å². The number of nitrogens with zero attached hydrogens (tertiary/aromatic N) is 2. The van der Waals surface area contributed by atoms with Gasteiger partial charge in [0.1, 0.15) is 17.8 Å². The second kappa shape index (κ2) is 14.6. The van der Waals surface area contributed by atoms with Crippen molar-refractivity contribution in [3.63, 3.8) is 0 Å². The van der Waals surface area contributed by atoms with Crippen molar-refractivity contribution in [3.8, 4) is 11.3 Å². The smallest absolute Gasteiger partial charge is 0.223 e. The maximum atomic E-state index is 12.2. The molecule has 0 saturated heterocycles. The van der Waals surface area contributed by atoms with Crippen molar-refractivity contribution in [1.29, 1.82) is 0 Å². The molecular formula is C42H49IrN2O4-. The van der Waals surface area contributed by atoms with Gasteiger partial charge in [-0.1, -0.05) is 104 Å². The molecule has 0 atom stereocenters. The van der Waals surface area contributed by atoms with Crippen molar-refractivity contribution in [3.05, 3.63) is 84.1 Å². The van der Waals surface area contributed by atoms with E-state index in [1.54, 1.807) is 6.33 Å². The van der Waals surface area contributed by atoms with Crippen LogP contribution < -0.4 is 0 Å². The van der Waals surface area contributed by atoms with Crippen molar-refractivity contribution >= 4 is 49.6 Å². The van der Waals surface area contributed by atoms with Gasteiger partial charge in [0.25, 0.3) is 0 Å². The molecule has 0 aliphatic rings. The van der Waals surface area contributed by atoms with Crippen LogP contribution in [0.3, 0.4) is 0 Å². The van der Waals surface area contributed by atoms with Crippen LogP contribution in [0.15, 0.2) is 75.5 Å². The minimum Gasteiger partial charge on any atom is -0.512 e. The van der Waals surface area contributed by atoms with E-state index in [0.29, 0.717) is 11.3 Å². The Labute approximate surface area is 303 Å². The fourth-order valence-corrected chi connectivity index (χ4v) is 6.16. The summed E-state index contributed by atoms with van der Waals surface area (Å²) < 4.78 is 12.1. The number of aliphatic hydroxyl groups is 1. The van der Waals surface area contributed by atoms with E-state index in [4.69, 9.17) is 8.83 Å². The number of carbonyl (C=O) groups excluding carboxylic acids is 1. The number of ketones is 1. The Kier molecular flexibility index (Phi) is 11.3. The Morgan fingerprint density at radius 3 is 2.12 bits per heavy atom. The molecule has 0 spiro atoms. The molecule has 1 radical (unpaired) electrons. The molecule has 6 rings (SSSR count). The predicted molar refractivity (Wildman–Crippen MR) is 197 cm³/mol. The number of aliphatic hydroxyl groups excluding tert-OH is 1. The minimum absolute atomic E-state index is 0. The Morgan fingerprint density at radius 2 is 1.49 bits per heavy atom. The summed E-state index contributed by atoms with van der Waals surface area (Å²) in [4.78, 5) is 21.3. The first-order chi connectivity index (χ1) is 22.7. The van der Waals surface area contributed by atoms with Crippen LogP contribution in [-0.2, 0) is 30.3 Å². The number of aromatic nitrogens is 2. The van der Waals surface area contributed by atoms with E-state index in [1.807, 2.05) is 60.6 Å². The van der Waals surface area contributed by atoms with Crippen molar-refractivity contribution in [1.82, 2.24) is 9.97 Å². The van der Waals surface area contributed by atoms with Crippen molar-refractivity contribution in [2.45, 2.75) is 100 Å². The first-order valence-corrected chi connectivity index (χ1v) is 17.2. The summed E-state index contributed by atoms with van der Waals surface area (Å²) in [6.07, 6.45) is 6.31. The molecular weight excluding hydrogens is 789 g/mol. The number of furan rings is 2. The molecule has 0 amide bonds. The summed E-state index contributed by atoms with van der Waals surface area (Å²) in [6.45, 7) is 20.7. The van der Waals surface area contributed by atoms with Gasteiger partial charge in [0, 0.05) is 58.9 Å². The van der Waals surface area contributed by atoms with Crippen LogP contribution in [0.25, 0.3) is 55.1 Å². The molecule has 3 heterocycles. The third-order valence-electron chi connectivity index (χ3n) is 10.5. The molecule has 0 fully saturated rings. The predicted octanol–water partition coefficient (Wildman–Crippen LogP) is 12.0. The molecule has 49 heavy (non-hydrogen) atoms. The normalized spacial score (nSPS) is 12.7. The average Bonchev–Trinajstić information content (AvgIpc) is 3.66. The van der Waals surface area contributed by atoms with Gasteiger partial charge in [-0.25, -0.2) is 4.98 Å². The number of allylic oxidation sites excluding steroid dienone is 2. The Balaban J connectivity index is 0.000000260. The fraction of sp³-hybridized carbons (Fsp3) is 0.405. The number of hydrogen-bond donors (Lipinski definition) is 1. The molecule has 261 valence electrons. The number of hydrogen-bond acceptors (Lipinski definition) is 6. The number of aryl methyl sites for hydroxylation is 1. The summed E-state index contributed by atoms with van der Waals surface area (Å²) in [5.74, 6) is 1.14. The van der Waals surface area contributed by atoms with Crippen LogP contribution >= 0.6 is 0 Å². The van der Waals surface area contributed by atoms with Gasteiger partial charge in [-0.2, -0.15) is 0 Å². The largest absolute Gasteiger partial charge is 0.512 e. The molecule has 0 saturated carbocycles. The quantitative estimate of drug-likeness (QED) is 0.0933. The average molecular weight is 838 g/mol. The first-order valence-electron chi connectivity index (χ1n) is 17.2. The Hall–Kier alpha value is -3.80. The third-order valence-corrected chi connectivity index (χ3v) is 10.5. The number of rotatable bonds is 8. The van der Waals surface area contributed by atoms with E-state index < -0.39 is 0 Å². The molecule has 0 aliphatic heterocycles. The maximum absolute atomic E-state index is 12.2. The van der Waals surface area contributed by atoms with E-state index in [9.17, 15) is 9.90 Å². The SMILES string of the molecule is CCC(C)(CC)C(=O)/C=C(\O)C(C)(CC)CC.Cc1cc2ccc3c(oc4ncnc(-c5[c-]c6ccccc6c(C(C)(C)C)c5)c43)c2o1.[Ir]. The molecule has 7 heteroatoms.